The van der Waals surface area contributed by atoms with Crippen molar-refractivity contribution in [3.63, 3.8) is 0 Å². The molecule has 2 aromatic carbocycles. The lowest BCUT2D eigenvalue weighted by molar-refractivity contribution is -0.122. The fourth-order valence-electron chi connectivity index (χ4n) is 2.97. The maximum atomic E-state index is 14.4. The summed E-state index contributed by atoms with van der Waals surface area (Å²) in [5, 5.41) is 7.29. The SMILES string of the molecule is CC(=O)Nc1ccc(-c2csc(NC(=O)C3Cc4ccccc4O3)n2)c(F)c1. The van der Waals surface area contributed by atoms with Crippen LogP contribution in [0, 0.1) is 5.82 Å². The van der Waals surface area contributed by atoms with E-state index in [0.29, 0.717) is 28.7 Å². The highest BCUT2D eigenvalue weighted by molar-refractivity contribution is 7.14. The molecule has 0 aliphatic carbocycles. The number of rotatable bonds is 4. The highest BCUT2D eigenvalue weighted by atomic mass is 32.1. The van der Waals surface area contributed by atoms with Crippen molar-refractivity contribution >= 4 is 34.0 Å². The number of benzene rings is 2. The molecule has 1 aromatic heterocycles. The van der Waals surface area contributed by atoms with Gasteiger partial charge in [-0.3, -0.25) is 14.9 Å². The van der Waals surface area contributed by atoms with Gasteiger partial charge in [-0.15, -0.1) is 11.3 Å². The van der Waals surface area contributed by atoms with Gasteiger partial charge in [0.05, 0.1) is 5.69 Å². The third-order valence-corrected chi connectivity index (χ3v) is 5.00. The van der Waals surface area contributed by atoms with Crippen LogP contribution in [0.25, 0.3) is 11.3 Å². The van der Waals surface area contributed by atoms with E-state index in [9.17, 15) is 14.0 Å². The van der Waals surface area contributed by atoms with Crippen LogP contribution < -0.4 is 15.4 Å². The smallest absolute Gasteiger partial charge is 0.267 e. The van der Waals surface area contributed by atoms with Gasteiger partial charge in [0.1, 0.15) is 11.6 Å². The minimum atomic E-state index is -0.613. The molecule has 28 heavy (non-hydrogen) atoms. The van der Waals surface area contributed by atoms with E-state index in [-0.39, 0.29) is 17.4 Å². The number of aromatic nitrogens is 1. The van der Waals surface area contributed by atoms with E-state index >= 15 is 0 Å². The van der Waals surface area contributed by atoms with Crippen LogP contribution in [0.2, 0.25) is 0 Å². The Morgan fingerprint density at radius 3 is 2.79 bits per heavy atom. The molecule has 6 nitrogen and oxygen atoms in total. The lowest BCUT2D eigenvalue weighted by Crippen LogP contribution is -2.31. The summed E-state index contributed by atoms with van der Waals surface area (Å²) in [6.45, 7) is 1.35. The Hall–Kier alpha value is -3.26. The summed E-state index contributed by atoms with van der Waals surface area (Å²) in [6.07, 6.45) is -0.113. The molecular formula is C20H16FN3O3S. The average molecular weight is 397 g/mol. The van der Waals surface area contributed by atoms with Crippen molar-refractivity contribution in [2.45, 2.75) is 19.4 Å². The Morgan fingerprint density at radius 2 is 2.04 bits per heavy atom. The molecule has 4 rings (SSSR count). The zero-order valence-corrected chi connectivity index (χ0v) is 15.7. The normalized spacial score (nSPS) is 14.9. The summed E-state index contributed by atoms with van der Waals surface area (Å²) in [5.74, 6) is -0.367. The lowest BCUT2D eigenvalue weighted by Gasteiger charge is -2.09. The number of thiazole rings is 1. The predicted molar refractivity (Wildman–Crippen MR) is 105 cm³/mol. The monoisotopic (exact) mass is 397 g/mol. The van der Waals surface area contributed by atoms with E-state index in [1.807, 2.05) is 24.3 Å². The van der Waals surface area contributed by atoms with Crippen LogP contribution in [0.1, 0.15) is 12.5 Å². The topological polar surface area (TPSA) is 80.3 Å². The molecule has 8 heteroatoms. The number of para-hydroxylation sites is 1. The van der Waals surface area contributed by atoms with E-state index in [0.717, 1.165) is 5.56 Å². The van der Waals surface area contributed by atoms with Crippen molar-refractivity contribution in [3.8, 4) is 17.0 Å². The second-order valence-corrected chi connectivity index (χ2v) is 7.18. The maximum absolute atomic E-state index is 14.4. The highest BCUT2D eigenvalue weighted by Gasteiger charge is 2.29. The van der Waals surface area contributed by atoms with Crippen molar-refractivity contribution in [3.05, 3.63) is 59.2 Å². The Bertz CT molecular complexity index is 1040. The highest BCUT2D eigenvalue weighted by Crippen LogP contribution is 2.31. The second kappa shape index (κ2) is 7.40. The minimum Gasteiger partial charge on any atom is -0.480 e. The van der Waals surface area contributed by atoms with Gasteiger partial charge in [-0.2, -0.15) is 0 Å². The first kappa shape index (κ1) is 18.1. The van der Waals surface area contributed by atoms with E-state index in [1.165, 1.54) is 30.4 Å². The van der Waals surface area contributed by atoms with Gasteiger partial charge in [-0.25, -0.2) is 9.37 Å². The number of carbonyl (C=O) groups is 2. The van der Waals surface area contributed by atoms with Crippen molar-refractivity contribution in [2.24, 2.45) is 0 Å². The Morgan fingerprint density at radius 1 is 1.21 bits per heavy atom. The molecule has 0 radical (unpaired) electrons. The number of halogens is 1. The van der Waals surface area contributed by atoms with Gasteiger partial charge < -0.3 is 10.1 Å². The number of ether oxygens (including phenoxy) is 1. The van der Waals surface area contributed by atoms with E-state index in [2.05, 4.69) is 15.6 Å². The van der Waals surface area contributed by atoms with Gasteiger partial charge in [0, 0.05) is 30.0 Å². The van der Waals surface area contributed by atoms with Crippen molar-refractivity contribution in [1.82, 2.24) is 4.98 Å². The summed E-state index contributed by atoms with van der Waals surface area (Å²) >= 11 is 1.20. The maximum Gasteiger partial charge on any atom is 0.267 e. The van der Waals surface area contributed by atoms with Crippen LogP contribution in [-0.4, -0.2) is 22.9 Å². The first-order valence-corrected chi connectivity index (χ1v) is 9.46. The molecule has 1 aliphatic rings. The molecule has 0 spiro atoms. The number of fused-ring (bicyclic) bond motifs is 1. The van der Waals surface area contributed by atoms with Gasteiger partial charge in [0.25, 0.3) is 5.91 Å². The average Bonchev–Trinajstić information content (AvgIpc) is 3.28. The fourth-order valence-corrected chi connectivity index (χ4v) is 3.69. The summed E-state index contributed by atoms with van der Waals surface area (Å²) < 4.78 is 20.0. The van der Waals surface area contributed by atoms with Crippen LogP contribution in [0.5, 0.6) is 5.75 Å². The van der Waals surface area contributed by atoms with E-state index in [1.54, 1.807) is 11.4 Å². The standard InChI is InChI=1S/C20H16FN3O3S/c1-11(25)22-13-6-7-14(15(21)9-13)16-10-28-20(23-16)24-19(26)18-8-12-4-2-3-5-17(12)27-18/h2-7,9-10,18H,8H2,1H3,(H,22,25)(H,23,24,26). The molecule has 0 saturated heterocycles. The van der Waals surface area contributed by atoms with Gasteiger partial charge in [-0.1, -0.05) is 18.2 Å². The fraction of sp³-hybridized carbons (Fsp3) is 0.150. The molecule has 2 N–H and O–H groups in total. The van der Waals surface area contributed by atoms with Crippen LogP contribution in [0.15, 0.2) is 47.8 Å². The first-order chi connectivity index (χ1) is 13.5. The number of amides is 2. The third-order valence-electron chi connectivity index (χ3n) is 4.24. The molecule has 2 heterocycles. The summed E-state index contributed by atoms with van der Waals surface area (Å²) in [7, 11) is 0. The van der Waals surface area contributed by atoms with Gasteiger partial charge in [0.15, 0.2) is 11.2 Å². The van der Waals surface area contributed by atoms with Crippen molar-refractivity contribution in [2.75, 3.05) is 10.6 Å². The molecule has 0 saturated carbocycles. The van der Waals surface area contributed by atoms with Gasteiger partial charge in [-0.05, 0) is 29.8 Å². The molecule has 1 unspecified atom stereocenters. The van der Waals surface area contributed by atoms with Crippen LogP contribution in [0.4, 0.5) is 15.2 Å². The van der Waals surface area contributed by atoms with Crippen molar-refractivity contribution < 1.29 is 18.7 Å². The molecule has 2 amide bonds. The summed E-state index contributed by atoms with van der Waals surface area (Å²) in [5.41, 5.74) is 2.05. The van der Waals surface area contributed by atoms with Crippen LogP contribution in [-0.2, 0) is 16.0 Å². The number of hydrogen-bond acceptors (Lipinski definition) is 5. The molecule has 0 bridgehead atoms. The zero-order chi connectivity index (χ0) is 19.7. The second-order valence-electron chi connectivity index (χ2n) is 6.32. The Balaban J connectivity index is 1.45. The molecule has 3 aromatic rings. The molecule has 142 valence electrons. The quantitative estimate of drug-likeness (QED) is 0.701. The number of nitrogens with one attached hydrogen (secondary N) is 2. The Kier molecular flexibility index (Phi) is 4.79. The number of hydrogen-bond donors (Lipinski definition) is 2. The van der Waals surface area contributed by atoms with E-state index < -0.39 is 11.9 Å². The molecule has 1 atom stereocenters. The first-order valence-electron chi connectivity index (χ1n) is 8.58. The zero-order valence-electron chi connectivity index (χ0n) is 14.9. The number of carbonyl (C=O) groups excluding carboxylic acids is 2. The number of nitrogens with zero attached hydrogens (tertiary/aromatic N) is 1. The summed E-state index contributed by atoms with van der Waals surface area (Å²) in [4.78, 5) is 27.8. The lowest BCUT2D eigenvalue weighted by atomic mass is 10.1. The van der Waals surface area contributed by atoms with Gasteiger partial charge in [0.2, 0.25) is 5.91 Å². The largest absolute Gasteiger partial charge is 0.480 e. The summed E-state index contributed by atoms with van der Waals surface area (Å²) in [6, 6.07) is 11.9. The molecule has 0 fully saturated rings. The van der Waals surface area contributed by atoms with Gasteiger partial charge >= 0.3 is 0 Å². The van der Waals surface area contributed by atoms with Crippen molar-refractivity contribution in [1.29, 1.82) is 0 Å². The van der Waals surface area contributed by atoms with E-state index in [4.69, 9.17) is 4.74 Å². The third kappa shape index (κ3) is 3.72. The van der Waals surface area contributed by atoms with Crippen LogP contribution >= 0.6 is 11.3 Å². The minimum absolute atomic E-state index is 0.276. The van der Waals surface area contributed by atoms with Crippen LogP contribution in [0.3, 0.4) is 0 Å². The number of anilines is 2. The Labute approximate surface area is 164 Å². The molecular weight excluding hydrogens is 381 g/mol. The predicted octanol–water partition coefficient (Wildman–Crippen LogP) is 3.85. The molecule has 1 aliphatic heterocycles.